The van der Waals surface area contributed by atoms with E-state index in [1.165, 1.54) is 6.07 Å². The maximum Gasteiger partial charge on any atom is 0.236 e. The Morgan fingerprint density at radius 1 is 1.42 bits per heavy atom. The van der Waals surface area contributed by atoms with Crippen molar-refractivity contribution in [2.45, 2.75) is 26.8 Å². The summed E-state index contributed by atoms with van der Waals surface area (Å²) in [5, 5.41) is 3.22. The molecule has 0 aliphatic rings. The second-order valence-corrected chi connectivity index (χ2v) is 4.44. The summed E-state index contributed by atoms with van der Waals surface area (Å²) < 4.78 is 14.0. The van der Waals surface area contributed by atoms with Gasteiger partial charge in [-0.2, -0.15) is 0 Å². The van der Waals surface area contributed by atoms with Gasteiger partial charge in [-0.25, -0.2) is 4.39 Å². The van der Waals surface area contributed by atoms with Gasteiger partial charge in [-0.15, -0.1) is 0 Å². The highest BCUT2D eigenvalue weighted by Crippen LogP contribution is 2.20. The van der Waals surface area contributed by atoms with Gasteiger partial charge < -0.3 is 16.0 Å². The zero-order valence-electron chi connectivity index (χ0n) is 11.6. The van der Waals surface area contributed by atoms with Gasteiger partial charge in [0.2, 0.25) is 5.91 Å². The molecular weight excluding hydrogens is 245 g/mol. The Hall–Kier alpha value is -1.62. The van der Waals surface area contributed by atoms with Crippen LogP contribution < -0.4 is 16.0 Å². The van der Waals surface area contributed by atoms with Gasteiger partial charge in [0.1, 0.15) is 5.82 Å². The second-order valence-electron chi connectivity index (χ2n) is 4.44. The Morgan fingerprint density at radius 3 is 2.68 bits per heavy atom. The smallest absolute Gasteiger partial charge is 0.236 e. The fourth-order valence-corrected chi connectivity index (χ4v) is 1.88. The van der Waals surface area contributed by atoms with Crippen molar-refractivity contribution in [3.05, 3.63) is 29.6 Å². The highest BCUT2D eigenvalue weighted by atomic mass is 19.1. The summed E-state index contributed by atoms with van der Waals surface area (Å²) >= 11 is 0. The van der Waals surface area contributed by atoms with Gasteiger partial charge in [0, 0.05) is 13.1 Å². The molecule has 1 rings (SSSR count). The molecule has 0 atom stereocenters. The van der Waals surface area contributed by atoms with Crippen LogP contribution in [0.2, 0.25) is 0 Å². The Labute approximate surface area is 113 Å². The molecule has 5 heteroatoms. The SMILES string of the molecule is CCCNCc1ccc(N(CC)CC(N)=O)c(F)c1. The van der Waals surface area contributed by atoms with Crippen molar-refractivity contribution in [2.24, 2.45) is 5.73 Å². The summed E-state index contributed by atoms with van der Waals surface area (Å²) in [4.78, 5) is 12.6. The minimum Gasteiger partial charge on any atom is -0.368 e. The molecule has 0 heterocycles. The largest absolute Gasteiger partial charge is 0.368 e. The number of carbonyl (C=O) groups is 1. The maximum atomic E-state index is 14.0. The molecule has 0 bridgehead atoms. The van der Waals surface area contributed by atoms with Gasteiger partial charge in [0.15, 0.2) is 0 Å². The van der Waals surface area contributed by atoms with Crippen molar-refractivity contribution in [1.29, 1.82) is 0 Å². The number of likely N-dealkylation sites (N-methyl/N-ethyl adjacent to an activating group) is 1. The predicted octanol–water partition coefficient (Wildman–Crippen LogP) is 1.64. The molecule has 0 fully saturated rings. The van der Waals surface area contributed by atoms with Gasteiger partial charge in [-0.3, -0.25) is 4.79 Å². The monoisotopic (exact) mass is 267 g/mol. The molecule has 1 aromatic carbocycles. The third-order valence-corrected chi connectivity index (χ3v) is 2.84. The van der Waals surface area contributed by atoms with Crippen molar-refractivity contribution in [3.63, 3.8) is 0 Å². The molecule has 0 radical (unpaired) electrons. The minimum absolute atomic E-state index is 0.0286. The number of carbonyl (C=O) groups excluding carboxylic acids is 1. The van der Waals surface area contributed by atoms with Crippen molar-refractivity contribution in [3.8, 4) is 0 Å². The lowest BCUT2D eigenvalue weighted by atomic mass is 10.1. The summed E-state index contributed by atoms with van der Waals surface area (Å²) in [5.41, 5.74) is 6.46. The van der Waals surface area contributed by atoms with Crippen LogP contribution in [0.4, 0.5) is 10.1 Å². The Kier molecular flexibility index (Phi) is 6.29. The highest BCUT2D eigenvalue weighted by molar-refractivity contribution is 5.79. The molecule has 3 N–H and O–H groups in total. The van der Waals surface area contributed by atoms with Gasteiger partial charge in [0.25, 0.3) is 0 Å². The van der Waals surface area contributed by atoms with Gasteiger partial charge in [-0.05, 0) is 37.6 Å². The topological polar surface area (TPSA) is 58.4 Å². The summed E-state index contributed by atoms with van der Waals surface area (Å²) in [6.45, 7) is 6.06. The zero-order chi connectivity index (χ0) is 14.3. The molecule has 0 saturated heterocycles. The number of nitrogens with zero attached hydrogens (tertiary/aromatic N) is 1. The average Bonchev–Trinajstić information content (AvgIpc) is 2.37. The number of halogens is 1. The van der Waals surface area contributed by atoms with E-state index in [1.54, 1.807) is 11.0 Å². The molecule has 0 aromatic heterocycles. The number of nitrogens with one attached hydrogen (secondary N) is 1. The first-order chi connectivity index (χ1) is 9.08. The molecule has 1 aromatic rings. The van der Waals surface area contributed by atoms with Gasteiger partial charge >= 0.3 is 0 Å². The van der Waals surface area contributed by atoms with Crippen molar-refractivity contribution >= 4 is 11.6 Å². The van der Waals surface area contributed by atoms with Crippen LogP contribution in [0.25, 0.3) is 0 Å². The van der Waals surface area contributed by atoms with E-state index in [0.717, 1.165) is 18.5 Å². The van der Waals surface area contributed by atoms with E-state index in [9.17, 15) is 9.18 Å². The molecule has 0 aliphatic heterocycles. The second kappa shape index (κ2) is 7.74. The Bertz CT molecular complexity index is 423. The highest BCUT2D eigenvalue weighted by Gasteiger charge is 2.12. The average molecular weight is 267 g/mol. The molecule has 0 saturated carbocycles. The first-order valence-corrected chi connectivity index (χ1v) is 6.60. The van der Waals surface area contributed by atoms with Crippen LogP contribution in [0, 0.1) is 5.82 Å². The van der Waals surface area contributed by atoms with E-state index < -0.39 is 5.91 Å². The molecule has 4 nitrogen and oxygen atoms in total. The fourth-order valence-electron chi connectivity index (χ4n) is 1.88. The van der Waals surface area contributed by atoms with Crippen LogP contribution in [0.3, 0.4) is 0 Å². The number of hydrogen-bond donors (Lipinski definition) is 2. The van der Waals surface area contributed by atoms with E-state index >= 15 is 0 Å². The van der Waals surface area contributed by atoms with Crippen LogP contribution in [-0.2, 0) is 11.3 Å². The summed E-state index contributed by atoms with van der Waals surface area (Å²) in [6, 6.07) is 5.07. The third-order valence-electron chi connectivity index (χ3n) is 2.84. The van der Waals surface area contributed by atoms with Crippen LogP contribution in [0.5, 0.6) is 0 Å². The van der Waals surface area contributed by atoms with Crippen molar-refractivity contribution < 1.29 is 9.18 Å². The first-order valence-electron chi connectivity index (χ1n) is 6.60. The molecule has 19 heavy (non-hydrogen) atoms. The molecule has 106 valence electrons. The summed E-state index contributed by atoms with van der Waals surface area (Å²) in [6.07, 6.45) is 1.04. The summed E-state index contributed by atoms with van der Waals surface area (Å²) in [7, 11) is 0. The normalized spacial score (nSPS) is 10.5. The number of anilines is 1. The minimum atomic E-state index is -0.463. The van der Waals surface area contributed by atoms with E-state index in [2.05, 4.69) is 12.2 Å². The lowest BCUT2D eigenvalue weighted by Gasteiger charge is -2.22. The van der Waals surface area contributed by atoms with Crippen LogP contribution in [0.1, 0.15) is 25.8 Å². The Balaban J connectivity index is 2.77. The molecular formula is C14H22FN3O. The van der Waals surface area contributed by atoms with Crippen molar-refractivity contribution in [1.82, 2.24) is 5.32 Å². The standard InChI is InChI=1S/C14H22FN3O/c1-3-7-17-9-11-5-6-13(12(15)8-11)18(4-2)10-14(16)19/h5-6,8,17H,3-4,7,9-10H2,1-2H3,(H2,16,19). The van der Waals surface area contributed by atoms with E-state index in [1.807, 2.05) is 13.0 Å². The molecule has 1 amide bonds. The van der Waals surface area contributed by atoms with Crippen molar-refractivity contribution in [2.75, 3.05) is 24.5 Å². The first kappa shape index (κ1) is 15.4. The number of rotatable bonds is 8. The number of primary amides is 1. The van der Waals surface area contributed by atoms with E-state index in [0.29, 0.717) is 18.8 Å². The number of hydrogen-bond acceptors (Lipinski definition) is 3. The lowest BCUT2D eigenvalue weighted by Crippen LogP contribution is -2.34. The molecule has 0 aliphatic carbocycles. The zero-order valence-corrected chi connectivity index (χ0v) is 11.6. The molecule has 0 unspecified atom stereocenters. The van der Waals surface area contributed by atoms with E-state index in [-0.39, 0.29) is 12.4 Å². The number of nitrogens with two attached hydrogens (primary N) is 1. The van der Waals surface area contributed by atoms with E-state index in [4.69, 9.17) is 5.73 Å². The maximum absolute atomic E-state index is 14.0. The van der Waals surface area contributed by atoms with Crippen LogP contribution in [-0.4, -0.2) is 25.5 Å². The quantitative estimate of drug-likeness (QED) is 0.704. The lowest BCUT2D eigenvalue weighted by molar-refractivity contribution is -0.116. The third kappa shape index (κ3) is 4.87. The fraction of sp³-hybridized carbons (Fsp3) is 0.500. The number of benzene rings is 1. The van der Waals surface area contributed by atoms with Gasteiger partial charge in [-0.1, -0.05) is 13.0 Å². The summed E-state index contributed by atoms with van der Waals surface area (Å²) in [5.74, 6) is -0.783. The number of amides is 1. The van der Waals surface area contributed by atoms with Crippen LogP contribution >= 0.6 is 0 Å². The predicted molar refractivity (Wildman–Crippen MR) is 75.5 cm³/mol. The Morgan fingerprint density at radius 2 is 2.16 bits per heavy atom. The molecule has 0 spiro atoms. The van der Waals surface area contributed by atoms with Gasteiger partial charge in [0.05, 0.1) is 12.2 Å². The van der Waals surface area contributed by atoms with Crippen LogP contribution in [0.15, 0.2) is 18.2 Å².